The van der Waals surface area contributed by atoms with Crippen LogP contribution in [0, 0.1) is 9.81 Å². The SMILES string of the molecule is COc1sc(I)c(C)c1Cl. The van der Waals surface area contributed by atoms with Crippen molar-refractivity contribution in [3.63, 3.8) is 0 Å². The lowest BCUT2D eigenvalue weighted by atomic mass is 10.4. The summed E-state index contributed by atoms with van der Waals surface area (Å²) in [6.45, 7) is 1.99. The van der Waals surface area contributed by atoms with Gasteiger partial charge in [-0.2, -0.15) is 0 Å². The van der Waals surface area contributed by atoms with Crippen LogP contribution in [-0.2, 0) is 0 Å². The van der Waals surface area contributed by atoms with Crippen molar-refractivity contribution < 1.29 is 4.74 Å². The van der Waals surface area contributed by atoms with Crippen LogP contribution < -0.4 is 4.74 Å². The molecule has 0 unspecified atom stereocenters. The highest BCUT2D eigenvalue weighted by molar-refractivity contribution is 14.1. The van der Waals surface area contributed by atoms with Crippen molar-refractivity contribution in [3.05, 3.63) is 13.5 Å². The minimum atomic E-state index is 0.747. The van der Waals surface area contributed by atoms with Gasteiger partial charge in [-0.15, -0.1) is 0 Å². The highest BCUT2D eigenvalue weighted by atomic mass is 127. The molecule has 0 N–H and O–H groups in total. The molecule has 0 bridgehead atoms. The molecule has 0 atom stereocenters. The average molecular weight is 289 g/mol. The first kappa shape index (κ1) is 8.62. The van der Waals surface area contributed by atoms with Crippen molar-refractivity contribution >= 4 is 45.5 Å². The third kappa shape index (κ3) is 1.40. The Balaban J connectivity index is 3.17. The zero-order chi connectivity index (χ0) is 7.72. The molecule has 0 saturated carbocycles. The van der Waals surface area contributed by atoms with Gasteiger partial charge in [0, 0.05) is 0 Å². The fourth-order valence-electron chi connectivity index (χ4n) is 0.573. The van der Waals surface area contributed by atoms with E-state index in [2.05, 4.69) is 22.6 Å². The molecule has 1 heterocycles. The summed E-state index contributed by atoms with van der Waals surface area (Å²) >= 11 is 9.72. The van der Waals surface area contributed by atoms with E-state index in [-0.39, 0.29) is 0 Å². The fraction of sp³-hybridized carbons (Fsp3) is 0.333. The van der Waals surface area contributed by atoms with E-state index >= 15 is 0 Å². The molecule has 0 spiro atoms. The lowest BCUT2D eigenvalue weighted by molar-refractivity contribution is 0.427. The zero-order valence-electron chi connectivity index (χ0n) is 5.57. The van der Waals surface area contributed by atoms with Gasteiger partial charge >= 0.3 is 0 Å². The first-order valence-corrected chi connectivity index (χ1v) is 4.92. The fourth-order valence-corrected chi connectivity index (χ4v) is 2.69. The van der Waals surface area contributed by atoms with Gasteiger partial charge in [-0.3, -0.25) is 0 Å². The molecule has 0 amide bonds. The van der Waals surface area contributed by atoms with E-state index in [1.807, 2.05) is 6.92 Å². The molecule has 0 radical (unpaired) electrons. The molecule has 0 saturated heterocycles. The number of hydrogen-bond acceptors (Lipinski definition) is 2. The number of halogens is 2. The van der Waals surface area contributed by atoms with Gasteiger partial charge in [0.25, 0.3) is 0 Å². The number of rotatable bonds is 1. The monoisotopic (exact) mass is 288 g/mol. The van der Waals surface area contributed by atoms with Crippen molar-refractivity contribution in [1.82, 2.24) is 0 Å². The van der Waals surface area contributed by atoms with Gasteiger partial charge in [0.2, 0.25) is 0 Å². The minimum Gasteiger partial charge on any atom is -0.486 e. The Hall–Kier alpha value is 0.520. The van der Waals surface area contributed by atoms with E-state index in [0.717, 1.165) is 15.6 Å². The van der Waals surface area contributed by atoms with Crippen LogP contribution in [0.5, 0.6) is 5.06 Å². The van der Waals surface area contributed by atoms with E-state index in [1.165, 1.54) is 2.88 Å². The summed E-state index contributed by atoms with van der Waals surface area (Å²) in [5.41, 5.74) is 1.11. The Morgan fingerprint density at radius 3 is 2.40 bits per heavy atom. The molecule has 56 valence electrons. The largest absolute Gasteiger partial charge is 0.486 e. The van der Waals surface area contributed by atoms with Gasteiger partial charge in [-0.1, -0.05) is 22.9 Å². The second-order valence-corrected chi connectivity index (χ2v) is 4.98. The van der Waals surface area contributed by atoms with Gasteiger partial charge in [0.15, 0.2) is 5.06 Å². The molecule has 0 aliphatic heterocycles. The van der Waals surface area contributed by atoms with Crippen molar-refractivity contribution in [3.8, 4) is 5.06 Å². The quantitative estimate of drug-likeness (QED) is 0.720. The summed E-state index contributed by atoms with van der Waals surface area (Å²) in [4.78, 5) is 0. The van der Waals surface area contributed by atoms with Crippen molar-refractivity contribution in [1.29, 1.82) is 0 Å². The van der Waals surface area contributed by atoms with Crippen LogP contribution in [-0.4, -0.2) is 7.11 Å². The smallest absolute Gasteiger partial charge is 0.193 e. The third-order valence-electron chi connectivity index (χ3n) is 1.17. The van der Waals surface area contributed by atoms with E-state index in [1.54, 1.807) is 18.4 Å². The maximum Gasteiger partial charge on any atom is 0.193 e. The van der Waals surface area contributed by atoms with Crippen LogP contribution >= 0.6 is 45.5 Å². The highest BCUT2D eigenvalue weighted by Gasteiger charge is 2.10. The average Bonchev–Trinajstić information content (AvgIpc) is 2.17. The van der Waals surface area contributed by atoms with Crippen LogP contribution in [0.1, 0.15) is 5.56 Å². The van der Waals surface area contributed by atoms with Gasteiger partial charge in [0.1, 0.15) is 0 Å². The molecule has 1 aromatic heterocycles. The molecule has 4 heteroatoms. The van der Waals surface area contributed by atoms with Crippen molar-refractivity contribution in [2.75, 3.05) is 7.11 Å². The van der Waals surface area contributed by atoms with Crippen molar-refractivity contribution in [2.45, 2.75) is 6.92 Å². The first-order valence-electron chi connectivity index (χ1n) is 2.65. The van der Waals surface area contributed by atoms with Crippen LogP contribution in [0.4, 0.5) is 0 Å². The molecule has 0 fully saturated rings. The molecular formula is C6H6ClIOS. The van der Waals surface area contributed by atoms with E-state index in [0.29, 0.717) is 0 Å². The molecule has 1 aromatic rings. The normalized spacial score (nSPS) is 10.0. The van der Waals surface area contributed by atoms with Gasteiger partial charge in [0.05, 0.1) is 15.0 Å². The lowest BCUT2D eigenvalue weighted by Gasteiger charge is -1.92. The Kier molecular flexibility index (Phi) is 2.82. The molecule has 1 nitrogen and oxygen atoms in total. The summed E-state index contributed by atoms with van der Waals surface area (Å²) < 4.78 is 6.22. The summed E-state index contributed by atoms with van der Waals surface area (Å²) in [7, 11) is 1.63. The highest BCUT2D eigenvalue weighted by Crippen LogP contribution is 2.39. The molecule has 1 rings (SSSR count). The van der Waals surface area contributed by atoms with Gasteiger partial charge in [-0.25, -0.2) is 0 Å². The summed E-state index contributed by atoms with van der Waals surface area (Å²) in [6, 6.07) is 0. The second-order valence-electron chi connectivity index (χ2n) is 1.81. The standard InChI is InChI=1S/C6H6ClIOS/c1-3-4(7)6(9-2)10-5(3)8/h1-2H3. The molecule has 0 aromatic carbocycles. The molecular weight excluding hydrogens is 282 g/mol. The Labute approximate surface area is 82.5 Å². The van der Waals surface area contributed by atoms with Crippen molar-refractivity contribution in [2.24, 2.45) is 0 Å². The second kappa shape index (κ2) is 3.28. The minimum absolute atomic E-state index is 0.747. The van der Waals surface area contributed by atoms with Gasteiger partial charge in [-0.05, 0) is 35.1 Å². The first-order chi connectivity index (χ1) is 4.66. The number of hydrogen-bond donors (Lipinski definition) is 0. The predicted octanol–water partition coefficient (Wildman–Crippen LogP) is 3.32. The maximum atomic E-state index is 5.89. The van der Waals surface area contributed by atoms with E-state index < -0.39 is 0 Å². The van der Waals surface area contributed by atoms with E-state index in [4.69, 9.17) is 16.3 Å². The van der Waals surface area contributed by atoms with Crippen LogP contribution in [0.15, 0.2) is 0 Å². The maximum absolute atomic E-state index is 5.89. The molecule has 0 aliphatic rings. The lowest BCUT2D eigenvalue weighted by Crippen LogP contribution is -1.76. The Morgan fingerprint density at radius 2 is 2.20 bits per heavy atom. The zero-order valence-corrected chi connectivity index (χ0v) is 9.30. The topological polar surface area (TPSA) is 9.23 Å². The molecule has 0 aliphatic carbocycles. The van der Waals surface area contributed by atoms with Crippen LogP contribution in [0.2, 0.25) is 5.02 Å². The third-order valence-corrected chi connectivity index (χ3v) is 4.25. The van der Waals surface area contributed by atoms with Gasteiger partial charge < -0.3 is 4.74 Å². The summed E-state index contributed by atoms with van der Waals surface area (Å²) in [5.74, 6) is 0. The number of methoxy groups -OCH3 is 1. The Morgan fingerprint density at radius 1 is 1.60 bits per heavy atom. The molecule has 10 heavy (non-hydrogen) atoms. The summed E-state index contributed by atoms with van der Waals surface area (Å²) in [6.07, 6.45) is 0. The number of ether oxygens (including phenoxy) is 1. The predicted molar refractivity (Wildman–Crippen MR) is 53.3 cm³/mol. The number of thiophene rings is 1. The summed E-state index contributed by atoms with van der Waals surface area (Å²) in [5, 5.41) is 1.56. The Bertz CT molecular complexity index is 246. The van der Waals surface area contributed by atoms with Crippen LogP contribution in [0.3, 0.4) is 0 Å². The van der Waals surface area contributed by atoms with Crippen LogP contribution in [0.25, 0.3) is 0 Å². The van der Waals surface area contributed by atoms with E-state index in [9.17, 15) is 0 Å².